The Balaban J connectivity index is 1.70. The molecule has 2 aromatic carbocycles. The van der Waals surface area contributed by atoms with Crippen LogP contribution in [0.2, 0.25) is 10.0 Å². The summed E-state index contributed by atoms with van der Waals surface area (Å²) in [6, 6.07) is 9.81. The van der Waals surface area contributed by atoms with Gasteiger partial charge in [-0.25, -0.2) is 4.98 Å². The van der Waals surface area contributed by atoms with Crippen LogP contribution >= 0.6 is 34.5 Å². The molecule has 1 aliphatic carbocycles. The van der Waals surface area contributed by atoms with E-state index in [4.69, 9.17) is 32.9 Å². The number of aryl methyl sites for hydroxylation is 3. The van der Waals surface area contributed by atoms with Gasteiger partial charge in [-0.05, 0) is 61.2 Å². The molecule has 0 radical (unpaired) electrons. The Hall–Kier alpha value is -1.75. The third kappa shape index (κ3) is 3.10. The van der Waals surface area contributed by atoms with E-state index in [1.807, 2.05) is 12.1 Å². The topological polar surface area (TPSA) is 34.1 Å². The molecule has 0 unspecified atom stereocenters. The van der Waals surface area contributed by atoms with Gasteiger partial charge in [-0.1, -0.05) is 23.2 Å². The minimum Gasteiger partial charge on any atom is -0.496 e. The summed E-state index contributed by atoms with van der Waals surface area (Å²) in [4.78, 5) is 6.13. The molecule has 0 aliphatic heterocycles. The number of anilines is 2. The number of ether oxygens (including phenoxy) is 1. The van der Waals surface area contributed by atoms with Gasteiger partial charge in [0, 0.05) is 16.1 Å². The maximum atomic E-state index is 6.09. The maximum absolute atomic E-state index is 6.09. The lowest BCUT2D eigenvalue weighted by Crippen LogP contribution is -2.03. The Kier molecular flexibility index (Phi) is 4.36. The second-order valence-corrected chi connectivity index (χ2v) is 7.92. The number of hydrogen-bond acceptors (Lipinski definition) is 4. The van der Waals surface area contributed by atoms with Crippen LogP contribution in [0.25, 0.3) is 11.3 Å². The maximum Gasteiger partial charge on any atom is 0.187 e. The molecule has 1 aromatic heterocycles. The van der Waals surface area contributed by atoms with Gasteiger partial charge < -0.3 is 10.1 Å². The first-order chi connectivity index (χ1) is 12.0. The predicted octanol–water partition coefficient (Wildman–Crippen LogP) is 6.28. The molecule has 128 valence electrons. The lowest BCUT2D eigenvalue weighted by atomic mass is 9.91. The van der Waals surface area contributed by atoms with Crippen molar-refractivity contribution in [3.05, 3.63) is 56.4 Å². The van der Waals surface area contributed by atoms with Gasteiger partial charge in [0.25, 0.3) is 0 Å². The van der Waals surface area contributed by atoms with Gasteiger partial charge in [-0.15, -0.1) is 11.3 Å². The predicted molar refractivity (Wildman–Crippen MR) is 106 cm³/mol. The van der Waals surface area contributed by atoms with Crippen molar-refractivity contribution in [3.63, 3.8) is 0 Å². The number of thiazole rings is 1. The van der Waals surface area contributed by atoms with E-state index >= 15 is 0 Å². The number of fused-ring (bicyclic) bond motifs is 3. The van der Waals surface area contributed by atoms with Crippen LogP contribution in [0.4, 0.5) is 10.8 Å². The largest absolute Gasteiger partial charge is 0.496 e. The van der Waals surface area contributed by atoms with Crippen molar-refractivity contribution < 1.29 is 4.74 Å². The van der Waals surface area contributed by atoms with E-state index in [0.29, 0.717) is 10.0 Å². The fourth-order valence-corrected chi connectivity index (χ4v) is 4.40. The molecule has 0 saturated carbocycles. The van der Waals surface area contributed by atoms with Crippen LogP contribution in [0, 0.1) is 6.92 Å². The van der Waals surface area contributed by atoms with Gasteiger partial charge in [0.15, 0.2) is 5.13 Å². The molecular weight excluding hydrogens is 375 g/mol. The van der Waals surface area contributed by atoms with Gasteiger partial charge in [0.1, 0.15) is 5.75 Å². The van der Waals surface area contributed by atoms with Crippen molar-refractivity contribution in [1.82, 2.24) is 4.98 Å². The summed E-state index contributed by atoms with van der Waals surface area (Å²) in [6.45, 7) is 2.06. The zero-order valence-electron chi connectivity index (χ0n) is 13.8. The SMILES string of the molecule is COc1cc2c(cc1C)-c1nc(Nc3ccc(Cl)c(Cl)c3)sc1CC2. The fourth-order valence-electron chi connectivity index (χ4n) is 3.11. The molecular formula is C19H16Cl2N2OS. The quantitative estimate of drug-likeness (QED) is 0.571. The standard InChI is InChI=1S/C19H16Cl2N2OS/c1-10-7-13-11(8-16(10)24-2)3-6-17-18(13)23-19(25-17)22-12-4-5-14(20)15(21)9-12/h4-5,7-9H,3,6H2,1-2H3,(H,22,23). The summed E-state index contributed by atoms with van der Waals surface area (Å²) < 4.78 is 5.45. The highest BCUT2D eigenvalue weighted by Crippen LogP contribution is 2.41. The molecule has 3 aromatic rings. The minimum absolute atomic E-state index is 0.529. The van der Waals surface area contributed by atoms with Crippen molar-refractivity contribution in [2.24, 2.45) is 0 Å². The van der Waals surface area contributed by atoms with E-state index in [9.17, 15) is 0 Å². The van der Waals surface area contributed by atoms with Crippen LogP contribution in [0.5, 0.6) is 5.75 Å². The normalized spacial score (nSPS) is 12.5. The number of nitrogens with one attached hydrogen (secondary N) is 1. The summed E-state index contributed by atoms with van der Waals surface area (Å²) >= 11 is 13.8. The Morgan fingerprint density at radius 3 is 2.72 bits per heavy atom. The minimum atomic E-state index is 0.529. The molecule has 0 saturated heterocycles. The van der Waals surface area contributed by atoms with Crippen LogP contribution in [-0.2, 0) is 12.8 Å². The van der Waals surface area contributed by atoms with Gasteiger partial charge in [-0.3, -0.25) is 0 Å². The van der Waals surface area contributed by atoms with Gasteiger partial charge in [0.05, 0.1) is 22.8 Å². The van der Waals surface area contributed by atoms with Crippen LogP contribution in [0.3, 0.4) is 0 Å². The van der Waals surface area contributed by atoms with Crippen LogP contribution in [0.1, 0.15) is 16.0 Å². The molecule has 0 atom stereocenters. The first kappa shape index (κ1) is 16.7. The first-order valence-electron chi connectivity index (χ1n) is 7.95. The van der Waals surface area contributed by atoms with E-state index in [2.05, 4.69) is 24.4 Å². The van der Waals surface area contributed by atoms with Crippen molar-refractivity contribution in [1.29, 1.82) is 0 Å². The average molecular weight is 391 g/mol. The van der Waals surface area contributed by atoms with E-state index in [0.717, 1.165) is 40.7 Å². The number of halogens is 2. The van der Waals surface area contributed by atoms with Crippen LogP contribution in [0.15, 0.2) is 30.3 Å². The fraction of sp³-hybridized carbons (Fsp3) is 0.211. The van der Waals surface area contributed by atoms with Gasteiger partial charge in [0.2, 0.25) is 0 Å². The van der Waals surface area contributed by atoms with Gasteiger partial charge >= 0.3 is 0 Å². The second-order valence-electron chi connectivity index (χ2n) is 6.02. The highest BCUT2D eigenvalue weighted by molar-refractivity contribution is 7.16. The first-order valence-corrected chi connectivity index (χ1v) is 9.52. The van der Waals surface area contributed by atoms with E-state index in [1.165, 1.54) is 16.0 Å². The van der Waals surface area contributed by atoms with Crippen molar-refractivity contribution in [2.45, 2.75) is 19.8 Å². The number of rotatable bonds is 3. The summed E-state index contributed by atoms with van der Waals surface area (Å²) in [5, 5.41) is 5.28. The van der Waals surface area contributed by atoms with Crippen LogP contribution < -0.4 is 10.1 Å². The zero-order chi connectivity index (χ0) is 17.6. The number of nitrogens with zero attached hydrogens (tertiary/aromatic N) is 1. The molecule has 1 aliphatic rings. The molecule has 25 heavy (non-hydrogen) atoms. The number of hydrogen-bond donors (Lipinski definition) is 1. The van der Waals surface area contributed by atoms with E-state index in [1.54, 1.807) is 24.5 Å². The third-order valence-electron chi connectivity index (χ3n) is 4.37. The molecule has 4 rings (SSSR count). The molecule has 1 heterocycles. The summed E-state index contributed by atoms with van der Waals surface area (Å²) in [5.74, 6) is 0.937. The van der Waals surface area contributed by atoms with Crippen LogP contribution in [-0.4, -0.2) is 12.1 Å². The highest BCUT2D eigenvalue weighted by atomic mass is 35.5. The molecule has 0 spiro atoms. The lowest BCUT2D eigenvalue weighted by molar-refractivity contribution is 0.411. The number of methoxy groups -OCH3 is 1. The molecule has 6 heteroatoms. The monoisotopic (exact) mass is 390 g/mol. The van der Waals surface area contributed by atoms with E-state index < -0.39 is 0 Å². The lowest BCUT2D eigenvalue weighted by Gasteiger charge is -2.17. The Labute approximate surface area is 160 Å². The number of benzene rings is 2. The molecule has 3 nitrogen and oxygen atoms in total. The van der Waals surface area contributed by atoms with Crippen molar-refractivity contribution in [3.8, 4) is 17.0 Å². The molecule has 0 bridgehead atoms. The van der Waals surface area contributed by atoms with Gasteiger partial charge in [-0.2, -0.15) is 0 Å². The summed E-state index contributed by atoms with van der Waals surface area (Å²) in [6.07, 6.45) is 2.00. The highest BCUT2D eigenvalue weighted by Gasteiger charge is 2.22. The summed E-state index contributed by atoms with van der Waals surface area (Å²) in [7, 11) is 1.71. The van der Waals surface area contributed by atoms with E-state index in [-0.39, 0.29) is 0 Å². The summed E-state index contributed by atoms with van der Waals surface area (Å²) in [5.41, 5.74) is 5.58. The van der Waals surface area contributed by atoms with Crippen molar-refractivity contribution in [2.75, 3.05) is 12.4 Å². The number of aromatic nitrogens is 1. The molecule has 0 amide bonds. The average Bonchev–Trinajstić information content (AvgIpc) is 3.00. The second kappa shape index (κ2) is 6.52. The van der Waals surface area contributed by atoms with Crippen molar-refractivity contribution >= 4 is 45.4 Å². The Morgan fingerprint density at radius 1 is 1.12 bits per heavy atom. The zero-order valence-corrected chi connectivity index (χ0v) is 16.1. The smallest absolute Gasteiger partial charge is 0.187 e. The molecule has 1 N–H and O–H groups in total. The Bertz CT molecular complexity index is 968. The molecule has 0 fully saturated rings. The third-order valence-corrected chi connectivity index (χ3v) is 6.14. The Morgan fingerprint density at radius 2 is 1.96 bits per heavy atom.